The number of fused-ring (bicyclic) bond motifs is 1. The number of aliphatic hydroxyl groups is 1. The number of nitrogens with one attached hydrogen (secondary N) is 1. The summed E-state index contributed by atoms with van der Waals surface area (Å²) in [6, 6.07) is 25.4. The van der Waals surface area contributed by atoms with Crippen LogP contribution in [0.25, 0.3) is 10.9 Å². The Bertz CT molecular complexity index is 1340. The van der Waals surface area contributed by atoms with Gasteiger partial charge < -0.3 is 20.4 Å². The minimum atomic E-state index is -1.12. The first kappa shape index (κ1) is 25.0. The smallest absolute Gasteiger partial charge is 0.305 e. The number of para-hydroxylation sites is 1. The third kappa shape index (κ3) is 6.73. The number of carbonyl (C=O) groups is 1. The van der Waals surface area contributed by atoms with E-state index in [0.29, 0.717) is 12.4 Å². The molecule has 36 heavy (non-hydrogen) atoms. The van der Waals surface area contributed by atoms with Crippen molar-refractivity contribution >= 4 is 22.6 Å². The van der Waals surface area contributed by atoms with Gasteiger partial charge in [-0.1, -0.05) is 48.5 Å². The molecule has 4 aromatic rings. The molecule has 0 amide bonds. The monoisotopic (exact) mass is 486 g/mol. The van der Waals surface area contributed by atoms with E-state index >= 15 is 0 Å². The second kappa shape index (κ2) is 11.6. The summed E-state index contributed by atoms with van der Waals surface area (Å²) in [6.07, 6.45) is -1.31. The maximum Gasteiger partial charge on any atom is 0.305 e. The van der Waals surface area contributed by atoms with Crippen molar-refractivity contribution in [3.05, 3.63) is 108 Å². The fourth-order valence-electron chi connectivity index (χ4n) is 4.15. The number of pyridine rings is 1. The van der Waals surface area contributed by atoms with E-state index in [1.165, 1.54) is 12.1 Å². The summed E-state index contributed by atoms with van der Waals surface area (Å²) in [6.45, 7) is 0.317. The molecular formula is C29H27FN2O4. The molecule has 0 spiro atoms. The van der Waals surface area contributed by atoms with Gasteiger partial charge in [-0.15, -0.1) is 0 Å². The zero-order chi connectivity index (χ0) is 25.5. The molecule has 0 aliphatic rings. The van der Waals surface area contributed by atoms with Crippen molar-refractivity contribution in [1.29, 1.82) is 5.41 Å². The van der Waals surface area contributed by atoms with Gasteiger partial charge in [0.15, 0.2) is 0 Å². The first-order valence-corrected chi connectivity index (χ1v) is 11.7. The van der Waals surface area contributed by atoms with E-state index in [0.717, 1.165) is 27.7 Å². The number of benzene rings is 3. The number of hydrogen-bond acceptors (Lipinski definition) is 5. The number of carboxylic acid groups (broad SMARTS) is 1. The second-order valence-electron chi connectivity index (χ2n) is 8.72. The van der Waals surface area contributed by atoms with Crippen molar-refractivity contribution in [2.45, 2.75) is 37.9 Å². The largest absolute Gasteiger partial charge is 0.487 e. The number of carboxylic acids is 1. The minimum absolute atomic E-state index is 0.0378. The Hall–Kier alpha value is -4.10. The Morgan fingerprint density at radius 1 is 0.889 bits per heavy atom. The molecule has 6 nitrogen and oxygen atoms in total. The summed E-state index contributed by atoms with van der Waals surface area (Å²) in [4.78, 5) is 15.5. The third-order valence-corrected chi connectivity index (χ3v) is 5.94. The lowest BCUT2D eigenvalue weighted by atomic mass is 9.85. The first-order chi connectivity index (χ1) is 17.4. The van der Waals surface area contributed by atoms with Crippen LogP contribution in [-0.2, 0) is 11.4 Å². The lowest BCUT2D eigenvalue weighted by molar-refractivity contribution is -0.139. The van der Waals surface area contributed by atoms with Gasteiger partial charge in [-0.3, -0.25) is 4.79 Å². The number of aromatic nitrogens is 1. The predicted molar refractivity (Wildman–Crippen MR) is 136 cm³/mol. The van der Waals surface area contributed by atoms with E-state index in [1.807, 2.05) is 60.7 Å². The van der Waals surface area contributed by atoms with Crippen molar-refractivity contribution in [1.82, 2.24) is 4.98 Å². The standard InChI is InChI=1S/C29H27FN2O4/c30-22-10-5-19(6-11-22)27(16-23(31)15-25(33)17-29(34)35)20-8-13-26(14-9-20)36-18-24-12-7-21-3-1-2-4-28(21)32-24/h1-14,25,27,31,33H,15-18H2,(H,34,35). The summed E-state index contributed by atoms with van der Waals surface area (Å²) >= 11 is 0. The molecule has 1 aromatic heterocycles. The fraction of sp³-hybridized carbons (Fsp3) is 0.207. The van der Waals surface area contributed by atoms with E-state index in [1.54, 1.807) is 12.1 Å². The summed E-state index contributed by atoms with van der Waals surface area (Å²) in [7, 11) is 0. The number of halogens is 1. The highest BCUT2D eigenvalue weighted by atomic mass is 19.1. The number of ether oxygens (including phenoxy) is 1. The molecule has 0 bridgehead atoms. The van der Waals surface area contributed by atoms with E-state index in [9.17, 15) is 14.3 Å². The van der Waals surface area contributed by atoms with Gasteiger partial charge in [0.2, 0.25) is 0 Å². The van der Waals surface area contributed by atoms with E-state index < -0.39 is 18.5 Å². The predicted octanol–water partition coefficient (Wildman–Crippen LogP) is 5.72. The molecule has 3 N–H and O–H groups in total. The van der Waals surface area contributed by atoms with Crippen LogP contribution in [0.3, 0.4) is 0 Å². The van der Waals surface area contributed by atoms with Gasteiger partial charge in [-0.25, -0.2) is 9.37 Å². The molecular weight excluding hydrogens is 459 g/mol. The number of hydrogen-bond donors (Lipinski definition) is 3. The molecule has 0 saturated heterocycles. The molecule has 0 aliphatic heterocycles. The van der Waals surface area contributed by atoms with E-state index in [2.05, 4.69) is 4.98 Å². The van der Waals surface area contributed by atoms with Gasteiger partial charge in [0.25, 0.3) is 0 Å². The van der Waals surface area contributed by atoms with E-state index in [-0.39, 0.29) is 30.3 Å². The molecule has 184 valence electrons. The molecule has 2 atom stereocenters. The van der Waals surface area contributed by atoms with Crippen LogP contribution in [0.5, 0.6) is 5.75 Å². The molecule has 1 heterocycles. The van der Waals surface area contributed by atoms with Gasteiger partial charge >= 0.3 is 5.97 Å². The first-order valence-electron chi connectivity index (χ1n) is 11.7. The Morgan fingerprint density at radius 3 is 2.25 bits per heavy atom. The van der Waals surface area contributed by atoms with Crippen molar-refractivity contribution in [3.63, 3.8) is 0 Å². The maximum absolute atomic E-state index is 13.5. The molecule has 2 unspecified atom stereocenters. The van der Waals surface area contributed by atoms with Crippen LogP contribution >= 0.6 is 0 Å². The molecule has 0 radical (unpaired) electrons. The molecule has 3 aromatic carbocycles. The summed E-state index contributed by atoms with van der Waals surface area (Å²) in [5, 5.41) is 28.2. The zero-order valence-corrected chi connectivity index (χ0v) is 19.6. The summed E-state index contributed by atoms with van der Waals surface area (Å²) in [5.74, 6) is -1.06. The zero-order valence-electron chi connectivity index (χ0n) is 19.6. The second-order valence-corrected chi connectivity index (χ2v) is 8.72. The van der Waals surface area contributed by atoms with Crippen molar-refractivity contribution in [2.24, 2.45) is 0 Å². The normalized spacial score (nSPS) is 12.7. The van der Waals surface area contributed by atoms with E-state index in [4.69, 9.17) is 15.3 Å². The topological polar surface area (TPSA) is 104 Å². The Morgan fingerprint density at radius 2 is 1.56 bits per heavy atom. The van der Waals surface area contributed by atoms with Gasteiger partial charge in [0.05, 0.1) is 23.7 Å². The van der Waals surface area contributed by atoms with Gasteiger partial charge in [0, 0.05) is 23.4 Å². The number of nitrogens with zero attached hydrogens (tertiary/aromatic N) is 1. The fourth-order valence-corrected chi connectivity index (χ4v) is 4.15. The average molecular weight is 487 g/mol. The maximum atomic E-state index is 13.5. The minimum Gasteiger partial charge on any atom is -0.487 e. The summed E-state index contributed by atoms with van der Waals surface area (Å²) in [5.41, 5.74) is 3.67. The molecule has 4 rings (SSSR count). The number of rotatable bonds is 11. The van der Waals surface area contributed by atoms with Crippen molar-refractivity contribution in [3.8, 4) is 5.75 Å². The molecule has 0 saturated carbocycles. The highest BCUT2D eigenvalue weighted by Gasteiger charge is 2.20. The van der Waals surface area contributed by atoms with Gasteiger partial charge in [0.1, 0.15) is 18.2 Å². The van der Waals surface area contributed by atoms with Crippen LogP contribution in [0.1, 0.15) is 42.0 Å². The van der Waals surface area contributed by atoms with Crippen molar-refractivity contribution in [2.75, 3.05) is 0 Å². The van der Waals surface area contributed by atoms with Crippen LogP contribution in [0.2, 0.25) is 0 Å². The number of aliphatic hydroxyl groups excluding tert-OH is 1. The average Bonchev–Trinajstić information content (AvgIpc) is 2.86. The third-order valence-electron chi connectivity index (χ3n) is 5.94. The summed E-state index contributed by atoms with van der Waals surface area (Å²) < 4.78 is 19.4. The van der Waals surface area contributed by atoms with Crippen LogP contribution in [0, 0.1) is 11.2 Å². The Kier molecular flexibility index (Phi) is 8.02. The van der Waals surface area contributed by atoms with Crippen LogP contribution in [0.4, 0.5) is 4.39 Å². The Balaban J connectivity index is 1.46. The number of aliphatic carboxylic acids is 1. The SMILES string of the molecule is N=C(CC(O)CC(=O)O)CC(c1ccc(F)cc1)c1ccc(OCc2ccc3ccccc3n2)cc1. The van der Waals surface area contributed by atoms with Crippen LogP contribution < -0.4 is 4.74 Å². The Labute approximate surface area is 208 Å². The molecule has 7 heteroatoms. The highest BCUT2D eigenvalue weighted by molar-refractivity contribution is 5.83. The quantitative estimate of drug-likeness (QED) is 0.235. The van der Waals surface area contributed by atoms with Gasteiger partial charge in [-0.2, -0.15) is 0 Å². The van der Waals surface area contributed by atoms with Gasteiger partial charge in [-0.05, 0) is 53.9 Å². The lowest BCUT2D eigenvalue weighted by Gasteiger charge is -2.20. The van der Waals surface area contributed by atoms with Crippen molar-refractivity contribution < 1.29 is 24.1 Å². The van der Waals surface area contributed by atoms with Crippen LogP contribution in [-0.4, -0.2) is 33.0 Å². The van der Waals surface area contributed by atoms with Crippen LogP contribution in [0.15, 0.2) is 84.9 Å². The molecule has 0 aliphatic carbocycles. The lowest BCUT2D eigenvalue weighted by Crippen LogP contribution is -2.19. The highest BCUT2D eigenvalue weighted by Crippen LogP contribution is 2.31. The molecule has 0 fully saturated rings.